The summed E-state index contributed by atoms with van der Waals surface area (Å²) in [6, 6.07) is 0.486. The number of hydrogen-bond acceptors (Lipinski definition) is 3. The van der Waals surface area contributed by atoms with Gasteiger partial charge in [-0.2, -0.15) is 0 Å². The molecule has 0 rings (SSSR count). The summed E-state index contributed by atoms with van der Waals surface area (Å²) in [4.78, 5) is 0. The molecule has 0 aromatic carbocycles. The van der Waals surface area contributed by atoms with Crippen molar-refractivity contribution in [2.45, 2.75) is 52.0 Å². The van der Waals surface area contributed by atoms with E-state index >= 15 is 0 Å². The lowest BCUT2D eigenvalue weighted by Crippen LogP contribution is -2.35. The molecule has 1 N–H and O–H groups in total. The first-order valence-corrected chi connectivity index (χ1v) is 6.65. The number of ether oxygens (including phenoxy) is 2. The fourth-order valence-electron chi connectivity index (χ4n) is 1.58. The number of unbranched alkanes of at least 4 members (excludes halogenated alkanes) is 2. The maximum absolute atomic E-state index is 5.50. The van der Waals surface area contributed by atoms with Crippen molar-refractivity contribution >= 4 is 0 Å². The molecule has 1 atom stereocenters. The second-order valence-electron chi connectivity index (χ2n) is 4.21. The predicted molar refractivity (Wildman–Crippen MR) is 68.9 cm³/mol. The summed E-state index contributed by atoms with van der Waals surface area (Å²) in [5.74, 6) is 0. The van der Waals surface area contributed by atoms with Gasteiger partial charge in [0, 0.05) is 26.3 Å². The van der Waals surface area contributed by atoms with Crippen LogP contribution in [0.2, 0.25) is 0 Å². The maximum Gasteiger partial charge on any atom is 0.0615 e. The van der Waals surface area contributed by atoms with Gasteiger partial charge >= 0.3 is 0 Å². The molecule has 1 unspecified atom stereocenters. The summed E-state index contributed by atoms with van der Waals surface area (Å²) in [5, 5.41) is 3.48. The molecule has 0 saturated carbocycles. The van der Waals surface area contributed by atoms with E-state index in [0.29, 0.717) is 6.04 Å². The summed E-state index contributed by atoms with van der Waals surface area (Å²) >= 11 is 0. The van der Waals surface area contributed by atoms with Crippen molar-refractivity contribution in [2.24, 2.45) is 0 Å². The molecule has 0 spiro atoms. The van der Waals surface area contributed by atoms with E-state index in [0.717, 1.165) is 32.8 Å². The van der Waals surface area contributed by atoms with Crippen molar-refractivity contribution in [2.75, 3.05) is 33.5 Å². The standard InChI is InChI=1S/C13H29NO2/c1-4-6-8-13(12-15-3)14-9-11-16-10-7-5-2/h13-14H,4-12H2,1-3H3. The van der Waals surface area contributed by atoms with Gasteiger partial charge in [-0.15, -0.1) is 0 Å². The van der Waals surface area contributed by atoms with Crippen LogP contribution in [0.1, 0.15) is 46.0 Å². The average Bonchev–Trinajstić information content (AvgIpc) is 2.30. The molecule has 0 aliphatic rings. The molecule has 0 saturated heterocycles. The highest BCUT2D eigenvalue weighted by Crippen LogP contribution is 2.00. The van der Waals surface area contributed by atoms with E-state index in [1.165, 1.54) is 25.7 Å². The number of nitrogens with one attached hydrogen (secondary N) is 1. The van der Waals surface area contributed by atoms with Crippen molar-refractivity contribution in [3.63, 3.8) is 0 Å². The Hall–Kier alpha value is -0.120. The predicted octanol–water partition coefficient (Wildman–Crippen LogP) is 2.60. The SMILES string of the molecule is CCCCOCCNC(CCCC)COC. The largest absolute Gasteiger partial charge is 0.383 e. The minimum Gasteiger partial charge on any atom is -0.383 e. The van der Waals surface area contributed by atoms with Crippen LogP contribution in [0.15, 0.2) is 0 Å². The van der Waals surface area contributed by atoms with E-state index in [9.17, 15) is 0 Å². The van der Waals surface area contributed by atoms with Gasteiger partial charge in [-0.25, -0.2) is 0 Å². The summed E-state index contributed by atoms with van der Waals surface area (Å²) in [6.07, 6.45) is 6.07. The van der Waals surface area contributed by atoms with Gasteiger partial charge < -0.3 is 14.8 Å². The highest BCUT2D eigenvalue weighted by molar-refractivity contribution is 4.65. The maximum atomic E-state index is 5.50. The second kappa shape index (κ2) is 12.9. The van der Waals surface area contributed by atoms with E-state index in [1.54, 1.807) is 7.11 Å². The van der Waals surface area contributed by atoms with Crippen LogP contribution in [0.5, 0.6) is 0 Å². The lowest BCUT2D eigenvalue weighted by molar-refractivity contribution is 0.120. The first-order valence-electron chi connectivity index (χ1n) is 6.65. The Morgan fingerprint density at radius 1 is 1.06 bits per heavy atom. The zero-order valence-electron chi connectivity index (χ0n) is 11.3. The quantitative estimate of drug-likeness (QED) is 0.524. The minimum absolute atomic E-state index is 0.486. The topological polar surface area (TPSA) is 30.5 Å². The molecule has 0 aliphatic heterocycles. The number of rotatable bonds is 12. The Kier molecular flexibility index (Phi) is 12.9. The van der Waals surface area contributed by atoms with Crippen molar-refractivity contribution in [3.8, 4) is 0 Å². The van der Waals surface area contributed by atoms with Crippen molar-refractivity contribution < 1.29 is 9.47 Å². The summed E-state index contributed by atoms with van der Waals surface area (Å²) in [7, 11) is 1.76. The van der Waals surface area contributed by atoms with Gasteiger partial charge in [0.15, 0.2) is 0 Å². The minimum atomic E-state index is 0.486. The molecule has 0 aromatic rings. The van der Waals surface area contributed by atoms with E-state index in [-0.39, 0.29) is 0 Å². The van der Waals surface area contributed by atoms with Crippen molar-refractivity contribution in [1.82, 2.24) is 5.32 Å². The normalized spacial score (nSPS) is 12.9. The van der Waals surface area contributed by atoms with Crippen LogP contribution in [0.3, 0.4) is 0 Å². The van der Waals surface area contributed by atoms with E-state index in [1.807, 2.05) is 0 Å². The number of hydrogen-bond donors (Lipinski definition) is 1. The molecule has 3 nitrogen and oxygen atoms in total. The average molecular weight is 231 g/mol. The molecule has 3 heteroatoms. The Bertz CT molecular complexity index is 131. The fraction of sp³-hybridized carbons (Fsp3) is 1.00. The molecule has 0 amide bonds. The van der Waals surface area contributed by atoms with Crippen molar-refractivity contribution in [1.29, 1.82) is 0 Å². The molecule has 16 heavy (non-hydrogen) atoms. The smallest absolute Gasteiger partial charge is 0.0615 e. The third-order valence-electron chi connectivity index (χ3n) is 2.60. The van der Waals surface area contributed by atoms with Gasteiger partial charge in [0.05, 0.1) is 13.2 Å². The van der Waals surface area contributed by atoms with Crippen molar-refractivity contribution in [3.05, 3.63) is 0 Å². The molecule has 0 fully saturated rings. The molecule has 0 bridgehead atoms. The monoisotopic (exact) mass is 231 g/mol. The molecule has 0 radical (unpaired) electrons. The van der Waals surface area contributed by atoms with E-state index < -0.39 is 0 Å². The van der Waals surface area contributed by atoms with Crippen LogP contribution in [0.25, 0.3) is 0 Å². The van der Waals surface area contributed by atoms with Gasteiger partial charge in [0.2, 0.25) is 0 Å². The van der Waals surface area contributed by atoms with Gasteiger partial charge in [-0.3, -0.25) is 0 Å². The van der Waals surface area contributed by atoms with E-state index in [4.69, 9.17) is 9.47 Å². The summed E-state index contributed by atoms with van der Waals surface area (Å²) < 4.78 is 10.7. The Morgan fingerprint density at radius 3 is 2.44 bits per heavy atom. The lowest BCUT2D eigenvalue weighted by Gasteiger charge is -2.17. The lowest BCUT2D eigenvalue weighted by atomic mass is 10.1. The highest BCUT2D eigenvalue weighted by Gasteiger charge is 2.06. The molecule has 0 aromatic heterocycles. The molecule has 98 valence electrons. The van der Waals surface area contributed by atoms with Gasteiger partial charge in [-0.1, -0.05) is 33.1 Å². The Morgan fingerprint density at radius 2 is 1.81 bits per heavy atom. The molecular weight excluding hydrogens is 202 g/mol. The summed E-state index contributed by atoms with van der Waals surface area (Å²) in [6.45, 7) is 7.84. The summed E-state index contributed by atoms with van der Waals surface area (Å²) in [5.41, 5.74) is 0. The van der Waals surface area contributed by atoms with E-state index in [2.05, 4.69) is 19.2 Å². The molecule has 0 aliphatic carbocycles. The van der Waals surface area contributed by atoms with Gasteiger partial charge in [0.1, 0.15) is 0 Å². The second-order valence-corrected chi connectivity index (χ2v) is 4.21. The number of methoxy groups -OCH3 is 1. The Balaban J connectivity index is 3.36. The van der Waals surface area contributed by atoms with Crippen LogP contribution in [0.4, 0.5) is 0 Å². The third-order valence-corrected chi connectivity index (χ3v) is 2.60. The first kappa shape index (κ1) is 15.9. The van der Waals surface area contributed by atoms with Crippen LogP contribution >= 0.6 is 0 Å². The first-order chi connectivity index (χ1) is 7.85. The van der Waals surface area contributed by atoms with Gasteiger partial charge in [0.25, 0.3) is 0 Å². The third kappa shape index (κ3) is 10.4. The van der Waals surface area contributed by atoms with Crippen LogP contribution in [-0.2, 0) is 9.47 Å². The van der Waals surface area contributed by atoms with Crippen LogP contribution < -0.4 is 5.32 Å². The fourth-order valence-corrected chi connectivity index (χ4v) is 1.58. The molecule has 0 heterocycles. The van der Waals surface area contributed by atoms with Gasteiger partial charge in [-0.05, 0) is 12.8 Å². The Labute approximate surface area is 101 Å². The molecular formula is C13H29NO2. The van der Waals surface area contributed by atoms with Crippen LogP contribution in [0, 0.1) is 0 Å². The highest BCUT2D eigenvalue weighted by atomic mass is 16.5. The zero-order valence-corrected chi connectivity index (χ0v) is 11.3. The van der Waals surface area contributed by atoms with Crippen LogP contribution in [-0.4, -0.2) is 39.5 Å². The zero-order chi connectivity index (χ0) is 12.1.